The second-order valence-corrected chi connectivity index (χ2v) is 7.76. The van der Waals surface area contributed by atoms with Crippen molar-refractivity contribution in [3.05, 3.63) is 65.1 Å². The highest BCUT2D eigenvalue weighted by molar-refractivity contribution is 6.07. The first-order valence-corrected chi connectivity index (χ1v) is 10.0. The molecule has 0 aliphatic carbocycles. The summed E-state index contributed by atoms with van der Waals surface area (Å²) >= 11 is 0. The molecule has 4 aromatic rings. The van der Waals surface area contributed by atoms with Crippen molar-refractivity contribution in [1.82, 2.24) is 29.9 Å². The number of aromatic nitrogens is 5. The highest BCUT2D eigenvalue weighted by Gasteiger charge is 2.19. The summed E-state index contributed by atoms with van der Waals surface area (Å²) in [6.45, 7) is 6.09. The summed E-state index contributed by atoms with van der Waals surface area (Å²) in [6, 6.07) is 11.4. The van der Waals surface area contributed by atoms with Gasteiger partial charge in [0.1, 0.15) is 0 Å². The van der Waals surface area contributed by atoms with Crippen LogP contribution in [0.1, 0.15) is 34.2 Å². The molecule has 0 spiro atoms. The van der Waals surface area contributed by atoms with Gasteiger partial charge in [0, 0.05) is 37.4 Å². The molecule has 0 aliphatic heterocycles. The minimum absolute atomic E-state index is 0.0359. The molecule has 1 amide bonds. The summed E-state index contributed by atoms with van der Waals surface area (Å²) in [6.07, 6.45) is 2.46. The number of nitrogens with one attached hydrogen (secondary N) is 1. The number of nitrogens with zero attached hydrogens (tertiary/aromatic N) is 5. The second-order valence-electron chi connectivity index (χ2n) is 7.76. The van der Waals surface area contributed by atoms with E-state index in [0.717, 1.165) is 40.1 Å². The highest BCUT2D eigenvalue weighted by Crippen LogP contribution is 2.25. The Kier molecular flexibility index (Phi) is 5.11. The number of amides is 1. The standard InChI is InChI=1S/C23H26N6O/c1-14(12-18-15(2)27-28(4)16(18)3)25-23(30)19-13-21(22-10-11-24-29(22)5)26-20-9-7-6-8-17(19)20/h6-11,13-14H,12H2,1-5H3,(H,25,30)/t14-/m0/s1. The maximum atomic E-state index is 13.3. The predicted molar refractivity (Wildman–Crippen MR) is 117 cm³/mol. The smallest absolute Gasteiger partial charge is 0.252 e. The van der Waals surface area contributed by atoms with Gasteiger partial charge in [0.25, 0.3) is 5.91 Å². The summed E-state index contributed by atoms with van der Waals surface area (Å²) in [5.41, 5.74) is 6.30. The Bertz CT molecular complexity index is 1240. The molecule has 154 valence electrons. The lowest BCUT2D eigenvalue weighted by molar-refractivity contribution is 0.0941. The molecule has 30 heavy (non-hydrogen) atoms. The van der Waals surface area contributed by atoms with Crippen LogP contribution < -0.4 is 5.32 Å². The molecular weight excluding hydrogens is 376 g/mol. The Labute approximate surface area is 175 Å². The van der Waals surface area contributed by atoms with Crippen molar-refractivity contribution in [3.63, 3.8) is 0 Å². The molecule has 0 fully saturated rings. The van der Waals surface area contributed by atoms with E-state index in [9.17, 15) is 4.79 Å². The number of rotatable bonds is 5. The van der Waals surface area contributed by atoms with Gasteiger partial charge < -0.3 is 5.32 Å². The van der Waals surface area contributed by atoms with E-state index in [0.29, 0.717) is 5.56 Å². The Morgan fingerprint density at radius 1 is 1.13 bits per heavy atom. The summed E-state index contributed by atoms with van der Waals surface area (Å²) in [7, 11) is 3.81. The van der Waals surface area contributed by atoms with Crippen LogP contribution in [0.3, 0.4) is 0 Å². The fourth-order valence-electron chi connectivity index (χ4n) is 3.89. The first-order valence-electron chi connectivity index (χ1n) is 10.0. The monoisotopic (exact) mass is 402 g/mol. The first kappa shape index (κ1) is 19.8. The van der Waals surface area contributed by atoms with Crippen LogP contribution in [0.5, 0.6) is 0 Å². The van der Waals surface area contributed by atoms with Crippen LogP contribution in [0.2, 0.25) is 0 Å². The summed E-state index contributed by atoms with van der Waals surface area (Å²) < 4.78 is 3.64. The van der Waals surface area contributed by atoms with E-state index in [1.807, 2.05) is 69.0 Å². The van der Waals surface area contributed by atoms with Gasteiger partial charge >= 0.3 is 0 Å². The fourth-order valence-corrected chi connectivity index (χ4v) is 3.89. The Hall–Kier alpha value is -3.48. The van der Waals surface area contributed by atoms with Crippen LogP contribution in [0.15, 0.2) is 42.6 Å². The SMILES string of the molecule is Cc1nn(C)c(C)c1C[C@H](C)NC(=O)c1cc(-c2ccnn2C)nc2ccccc12. The van der Waals surface area contributed by atoms with Crippen molar-refractivity contribution in [2.45, 2.75) is 33.2 Å². The van der Waals surface area contributed by atoms with Gasteiger partial charge in [-0.3, -0.25) is 14.2 Å². The zero-order valence-electron chi connectivity index (χ0n) is 18.0. The molecule has 0 aliphatic rings. The number of carbonyl (C=O) groups is 1. The van der Waals surface area contributed by atoms with E-state index >= 15 is 0 Å². The number of pyridine rings is 1. The lowest BCUT2D eigenvalue weighted by atomic mass is 10.0. The van der Waals surface area contributed by atoms with E-state index in [4.69, 9.17) is 4.98 Å². The van der Waals surface area contributed by atoms with Crippen molar-refractivity contribution in [1.29, 1.82) is 0 Å². The van der Waals surface area contributed by atoms with E-state index in [2.05, 4.69) is 22.4 Å². The molecule has 3 aromatic heterocycles. The molecule has 4 rings (SSSR count). The topological polar surface area (TPSA) is 77.6 Å². The zero-order chi connectivity index (χ0) is 21.4. The average molecular weight is 403 g/mol. The van der Waals surface area contributed by atoms with Crippen molar-refractivity contribution < 1.29 is 4.79 Å². The number of hydrogen-bond acceptors (Lipinski definition) is 4. The molecule has 1 N–H and O–H groups in total. The number of hydrogen-bond donors (Lipinski definition) is 1. The van der Waals surface area contributed by atoms with Gasteiger partial charge in [-0.15, -0.1) is 0 Å². The molecule has 0 unspecified atom stereocenters. The predicted octanol–water partition coefficient (Wildman–Crippen LogP) is 3.35. The normalized spacial score (nSPS) is 12.3. The van der Waals surface area contributed by atoms with Crippen molar-refractivity contribution >= 4 is 16.8 Å². The maximum absolute atomic E-state index is 13.3. The second kappa shape index (κ2) is 7.74. The highest BCUT2D eigenvalue weighted by atomic mass is 16.1. The zero-order valence-corrected chi connectivity index (χ0v) is 18.0. The number of fused-ring (bicyclic) bond motifs is 1. The van der Waals surface area contributed by atoms with Gasteiger partial charge in [-0.1, -0.05) is 18.2 Å². The van der Waals surface area contributed by atoms with Crippen LogP contribution in [-0.2, 0) is 20.5 Å². The van der Waals surface area contributed by atoms with Gasteiger partial charge in [0.05, 0.1) is 28.2 Å². The Morgan fingerprint density at radius 2 is 1.90 bits per heavy atom. The molecule has 3 heterocycles. The number of para-hydroxylation sites is 1. The average Bonchev–Trinajstić information content (AvgIpc) is 3.25. The fraction of sp³-hybridized carbons (Fsp3) is 0.304. The van der Waals surface area contributed by atoms with E-state index in [1.165, 1.54) is 5.56 Å². The Morgan fingerprint density at radius 3 is 2.57 bits per heavy atom. The van der Waals surface area contributed by atoms with Gasteiger partial charge in [0.2, 0.25) is 0 Å². The third-order valence-corrected chi connectivity index (χ3v) is 5.59. The Balaban J connectivity index is 1.66. The molecule has 0 saturated heterocycles. The number of carbonyl (C=O) groups excluding carboxylic acids is 1. The van der Waals surface area contributed by atoms with Crippen LogP contribution in [0.4, 0.5) is 0 Å². The molecule has 0 saturated carbocycles. The van der Waals surface area contributed by atoms with Gasteiger partial charge in [0.15, 0.2) is 0 Å². The van der Waals surface area contributed by atoms with Crippen molar-refractivity contribution in [2.24, 2.45) is 14.1 Å². The molecular formula is C23H26N6O. The van der Waals surface area contributed by atoms with Crippen LogP contribution in [0.25, 0.3) is 22.3 Å². The lowest BCUT2D eigenvalue weighted by Crippen LogP contribution is -2.34. The third-order valence-electron chi connectivity index (χ3n) is 5.59. The molecule has 1 atom stereocenters. The number of aryl methyl sites for hydroxylation is 3. The van der Waals surface area contributed by atoms with E-state index in [1.54, 1.807) is 10.9 Å². The molecule has 1 aromatic carbocycles. The maximum Gasteiger partial charge on any atom is 0.252 e. The minimum atomic E-state index is -0.108. The minimum Gasteiger partial charge on any atom is -0.349 e. The lowest BCUT2D eigenvalue weighted by Gasteiger charge is -2.16. The van der Waals surface area contributed by atoms with Crippen LogP contribution >= 0.6 is 0 Å². The van der Waals surface area contributed by atoms with Crippen molar-refractivity contribution in [2.75, 3.05) is 0 Å². The first-order chi connectivity index (χ1) is 14.3. The molecule has 7 nitrogen and oxygen atoms in total. The number of benzene rings is 1. The molecule has 0 bridgehead atoms. The van der Waals surface area contributed by atoms with E-state index < -0.39 is 0 Å². The third kappa shape index (κ3) is 3.58. The quantitative estimate of drug-likeness (QED) is 0.555. The van der Waals surface area contributed by atoms with Crippen LogP contribution in [0, 0.1) is 13.8 Å². The van der Waals surface area contributed by atoms with Gasteiger partial charge in [-0.2, -0.15) is 10.2 Å². The molecule has 0 radical (unpaired) electrons. The van der Waals surface area contributed by atoms with Gasteiger partial charge in [-0.05, 0) is 51.0 Å². The summed E-state index contributed by atoms with van der Waals surface area (Å²) in [5.74, 6) is -0.108. The summed E-state index contributed by atoms with van der Waals surface area (Å²) in [5, 5.41) is 12.7. The van der Waals surface area contributed by atoms with Crippen LogP contribution in [-0.4, -0.2) is 36.5 Å². The van der Waals surface area contributed by atoms with E-state index in [-0.39, 0.29) is 11.9 Å². The van der Waals surface area contributed by atoms with Gasteiger partial charge in [-0.25, -0.2) is 4.98 Å². The largest absolute Gasteiger partial charge is 0.349 e. The van der Waals surface area contributed by atoms with Crippen molar-refractivity contribution in [3.8, 4) is 11.4 Å². The molecule has 7 heteroatoms. The summed E-state index contributed by atoms with van der Waals surface area (Å²) in [4.78, 5) is 18.0.